The molecule has 4 rings (SSSR count). The lowest BCUT2D eigenvalue weighted by Crippen LogP contribution is -2.45. The van der Waals surface area contributed by atoms with Gasteiger partial charge in [0.15, 0.2) is 0 Å². The number of rotatable bonds is 6. The van der Waals surface area contributed by atoms with Crippen molar-refractivity contribution in [3.8, 4) is 11.5 Å². The average molecular weight is 400 g/mol. The average Bonchev–Trinajstić information content (AvgIpc) is 3.29. The topological polar surface area (TPSA) is 58.6 Å². The van der Waals surface area contributed by atoms with Gasteiger partial charge in [0.25, 0.3) is 5.91 Å². The van der Waals surface area contributed by atoms with Crippen LogP contribution in [0.1, 0.15) is 28.8 Å². The second-order valence-electron chi connectivity index (χ2n) is 7.30. The first-order chi connectivity index (χ1) is 14.7. The number of nitrogens with zero attached hydrogens (tertiary/aromatic N) is 1. The molecule has 1 unspecified atom stereocenters. The summed E-state index contributed by atoms with van der Waals surface area (Å²) in [5, 5.41) is 2.98. The fraction of sp³-hybridized carbons (Fsp3) is 0.200. The Bertz CT molecular complexity index is 1010. The second-order valence-corrected chi connectivity index (χ2v) is 7.30. The minimum Gasteiger partial charge on any atom is -0.457 e. The Labute approximate surface area is 176 Å². The van der Waals surface area contributed by atoms with Gasteiger partial charge in [-0.2, -0.15) is 0 Å². The molecule has 1 heterocycles. The summed E-state index contributed by atoms with van der Waals surface area (Å²) in [5.41, 5.74) is 1.55. The molecule has 0 spiro atoms. The fourth-order valence-electron chi connectivity index (χ4n) is 3.68. The van der Waals surface area contributed by atoms with Crippen LogP contribution in [0, 0.1) is 0 Å². The summed E-state index contributed by atoms with van der Waals surface area (Å²) in [6.07, 6.45) is 1.51. The van der Waals surface area contributed by atoms with Gasteiger partial charge in [-0.25, -0.2) is 0 Å². The zero-order chi connectivity index (χ0) is 20.8. The molecule has 1 atom stereocenters. The van der Waals surface area contributed by atoms with Crippen LogP contribution in [0.25, 0.3) is 0 Å². The molecule has 1 aliphatic rings. The van der Waals surface area contributed by atoms with Crippen molar-refractivity contribution >= 4 is 11.8 Å². The molecule has 152 valence electrons. The van der Waals surface area contributed by atoms with Gasteiger partial charge >= 0.3 is 0 Å². The van der Waals surface area contributed by atoms with E-state index in [-0.39, 0.29) is 11.8 Å². The minimum atomic E-state index is -0.429. The van der Waals surface area contributed by atoms with Crippen LogP contribution in [0.5, 0.6) is 11.5 Å². The molecular weight excluding hydrogens is 376 g/mol. The largest absolute Gasteiger partial charge is 0.457 e. The van der Waals surface area contributed by atoms with Crippen molar-refractivity contribution in [3.63, 3.8) is 0 Å². The van der Waals surface area contributed by atoms with E-state index < -0.39 is 6.04 Å². The second kappa shape index (κ2) is 9.27. The Hall–Kier alpha value is -3.60. The summed E-state index contributed by atoms with van der Waals surface area (Å²) in [6.45, 7) is 0.987. The molecule has 3 aromatic carbocycles. The first-order valence-electron chi connectivity index (χ1n) is 10.2. The van der Waals surface area contributed by atoms with E-state index in [1.807, 2.05) is 72.8 Å². The van der Waals surface area contributed by atoms with Crippen molar-refractivity contribution in [1.82, 2.24) is 10.2 Å². The monoisotopic (exact) mass is 400 g/mol. The molecule has 30 heavy (non-hydrogen) atoms. The summed E-state index contributed by atoms with van der Waals surface area (Å²) in [5.74, 6) is 1.27. The Morgan fingerprint density at radius 3 is 2.37 bits per heavy atom. The minimum absolute atomic E-state index is 0.0912. The fourth-order valence-corrected chi connectivity index (χ4v) is 3.68. The van der Waals surface area contributed by atoms with E-state index in [0.29, 0.717) is 25.1 Å². The van der Waals surface area contributed by atoms with Crippen molar-refractivity contribution in [1.29, 1.82) is 0 Å². The zero-order valence-corrected chi connectivity index (χ0v) is 16.7. The number of carbonyl (C=O) groups excluding carboxylic acids is 2. The third kappa shape index (κ3) is 4.69. The van der Waals surface area contributed by atoms with Crippen LogP contribution in [0.3, 0.4) is 0 Å². The molecule has 0 aromatic heterocycles. The summed E-state index contributed by atoms with van der Waals surface area (Å²) in [6, 6.07) is 25.9. The number of amides is 2. The van der Waals surface area contributed by atoms with E-state index in [2.05, 4.69) is 5.32 Å². The van der Waals surface area contributed by atoms with Crippen LogP contribution in [-0.4, -0.2) is 29.3 Å². The lowest BCUT2D eigenvalue weighted by atomic mass is 10.1. The van der Waals surface area contributed by atoms with Crippen molar-refractivity contribution < 1.29 is 14.3 Å². The summed E-state index contributed by atoms with van der Waals surface area (Å²) >= 11 is 0. The smallest absolute Gasteiger partial charge is 0.254 e. The highest BCUT2D eigenvalue weighted by atomic mass is 16.5. The lowest BCUT2D eigenvalue weighted by Gasteiger charge is -2.24. The number of benzene rings is 3. The van der Waals surface area contributed by atoms with Crippen LogP contribution in [0.4, 0.5) is 0 Å². The Morgan fingerprint density at radius 1 is 0.900 bits per heavy atom. The Balaban J connectivity index is 1.37. The maximum atomic E-state index is 12.8. The molecule has 3 aromatic rings. The van der Waals surface area contributed by atoms with E-state index in [4.69, 9.17) is 4.74 Å². The number of likely N-dealkylation sites (tertiary alicyclic amines) is 1. The van der Waals surface area contributed by atoms with Gasteiger partial charge in [0.05, 0.1) is 0 Å². The highest BCUT2D eigenvalue weighted by molar-refractivity contribution is 5.97. The number of hydrogen-bond acceptors (Lipinski definition) is 3. The quantitative estimate of drug-likeness (QED) is 0.667. The van der Waals surface area contributed by atoms with E-state index in [0.717, 1.165) is 23.5 Å². The first kappa shape index (κ1) is 19.7. The van der Waals surface area contributed by atoms with Crippen LogP contribution in [0.2, 0.25) is 0 Å². The Morgan fingerprint density at radius 2 is 1.60 bits per heavy atom. The maximum absolute atomic E-state index is 12.8. The lowest BCUT2D eigenvalue weighted by molar-refractivity contribution is -0.125. The number of carbonyl (C=O) groups is 2. The van der Waals surface area contributed by atoms with Crippen molar-refractivity contribution in [2.45, 2.75) is 25.4 Å². The first-order valence-corrected chi connectivity index (χ1v) is 10.2. The highest BCUT2D eigenvalue weighted by Crippen LogP contribution is 2.23. The molecule has 0 bridgehead atoms. The summed E-state index contributed by atoms with van der Waals surface area (Å²) in [7, 11) is 0. The van der Waals surface area contributed by atoms with Crippen molar-refractivity contribution in [2.75, 3.05) is 6.54 Å². The molecule has 0 saturated carbocycles. The van der Waals surface area contributed by atoms with Gasteiger partial charge in [0.2, 0.25) is 5.91 Å². The molecule has 5 heteroatoms. The van der Waals surface area contributed by atoms with Crippen molar-refractivity contribution in [3.05, 3.63) is 96.1 Å². The summed E-state index contributed by atoms with van der Waals surface area (Å²) < 4.78 is 5.86. The third-order valence-electron chi connectivity index (χ3n) is 5.18. The molecule has 0 radical (unpaired) electrons. The molecule has 1 N–H and O–H groups in total. The van der Waals surface area contributed by atoms with E-state index in [9.17, 15) is 9.59 Å². The highest BCUT2D eigenvalue weighted by Gasteiger charge is 2.34. The number of para-hydroxylation sites is 1. The molecule has 0 aliphatic carbocycles. The van der Waals surface area contributed by atoms with Gasteiger partial charge in [0, 0.05) is 18.7 Å². The van der Waals surface area contributed by atoms with Gasteiger partial charge in [-0.1, -0.05) is 48.5 Å². The SMILES string of the molecule is O=C(NCc1cccc(Oc2ccccc2)c1)C1CCCN1C(=O)c1ccccc1. The van der Waals surface area contributed by atoms with Crippen LogP contribution in [-0.2, 0) is 11.3 Å². The number of ether oxygens (including phenoxy) is 1. The van der Waals surface area contributed by atoms with Crippen LogP contribution >= 0.6 is 0 Å². The van der Waals surface area contributed by atoms with Crippen molar-refractivity contribution in [2.24, 2.45) is 0 Å². The summed E-state index contributed by atoms with van der Waals surface area (Å²) in [4.78, 5) is 27.3. The number of hydrogen-bond donors (Lipinski definition) is 1. The molecular formula is C25H24N2O3. The molecule has 1 fully saturated rings. The van der Waals surface area contributed by atoms with E-state index in [1.54, 1.807) is 17.0 Å². The predicted molar refractivity (Wildman–Crippen MR) is 115 cm³/mol. The van der Waals surface area contributed by atoms with Gasteiger partial charge in [0.1, 0.15) is 17.5 Å². The molecule has 2 amide bonds. The molecule has 1 saturated heterocycles. The Kier molecular flexibility index (Phi) is 6.09. The maximum Gasteiger partial charge on any atom is 0.254 e. The van der Waals surface area contributed by atoms with E-state index in [1.165, 1.54) is 0 Å². The van der Waals surface area contributed by atoms with Gasteiger partial charge in [-0.3, -0.25) is 9.59 Å². The van der Waals surface area contributed by atoms with Gasteiger partial charge in [-0.15, -0.1) is 0 Å². The van der Waals surface area contributed by atoms with Gasteiger partial charge < -0.3 is 15.0 Å². The number of nitrogens with one attached hydrogen (secondary N) is 1. The zero-order valence-electron chi connectivity index (χ0n) is 16.7. The predicted octanol–water partition coefficient (Wildman–Crippen LogP) is 4.40. The van der Waals surface area contributed by atoms with Gasteiger partial charge in [-0.05, 0) is 54.8 Å². The third-order valence-corrected chi connectivity index (χ3v) is 5.18. The normalized spacial score (nSPS) is 15.6. The molecule has 1 aliphatic heterocycles. The molecule has 5 nitrogen and oxygen atoms in total. The van der Waals surface area contributed by atoms with E-state index >= 15 is 0 Å². The van der Waals surface area contributed by atoms with Crippen LogP contribution < -0.4 is 10.1 Å². The van der Waals surface area contributed by atoms with Crippen LogP contribution in [0.15, 0.2) is 84.9 Å². The standard InChI is InChI=1S/C25H24N2O3/c28-24(23-15-8-16-27(23)25(29)20-10-3-1-4-11-20)26-18-19-9-7-14-22(17-19)30-21-12-5-2-6-13-21/h1-7,9-14,17,23H,8,15-16,18H2,(H,26,28).